The van der Waals surface area contributed by atoms with Gasteiger partial charge in [0.15, 0.2) is 0 Å². The molecule has 0 spiro atoms. The number of morpholine rings is 1. The van der Waals surface area contributed by atoms with Gasteiger partial charge >= 0.3 is 5.69 Å². The Bertz CT molecular complexity index is 877. The third-order valence-electron chi connectivity index (χ3n) is 5.05. The molecule has 1 atom stereocenters. The van der Waals surface area contributed by atoms with Crippen molar-refractivity contribution < 1.29 is 18.8 Å². The number of carbonyl (C=O) groups excluding carboxylic acids is 1. The summed E-state index contributed by atoms with van der Waals surface area (Å²) in [5.41, 5.74) is 1.44. The Morgan fingerprint density at radius 1 is 1.31 bits per heavy atom. The standard InChI is InChI=1S/C19H24FN5O4/c1-13-19(25(27)28)14(2)24(22-13)12-18(26)21-11-17(23-7-9-29-10-8-23)15-3-5-16(20)6-4-15/h3-6,17H,7-12H2,1-2H3,(H,21,26). The molecule has 1 amide bonds. The van der Waals surface area contributed by atoms with E-state index >= 15 is 0 Å². The molecule has 1 N–H and O–H groups in total. The first-order valence-electron chi connectivity index (χ1n) is 9.39. The Morgan fingerprint density at radius 3 is 2.55 bits per heavy atom. The summed E-state index contributed by atoms with van der Waals surface area (Å²) >= 11 is 0. The zero-order valence-electron chi connectivity index (χ0n) is 16.4. The summed E-state index contributed by atoms with van der Waals surface area (Å²) in [5, 5.41) is 18.1. The van der Waals surface area contributed by atoms with Gasteiger partial charge in [-0.1, -0.05) is 12.1 Å². The number of nitrogens with one attached hydrogen (secondary N) is 1. The fourth-order valence-electron chi connectivity index (χ4n) is 3.54. The Labute approximate surface area is 167 Å². The van der Waals surface area contributed by atoms with Crippen LogP contribution >= 0.6 is 0 Å². The highest BCUT2D eigenvalue weighted by atomic mass is 19.1. The lowest BCUT2D eigenvalue weighted by Crippen LogP contribution is -2.44. The molecule has 1 saturated heterocycles. The number of nitro groups is 1. The maximum absolute atomic E-state index is 13.3. The Morgan fingerprint density at radius 2 is 1.97 bits per heavy atom. The number of amides is 1. The van der Waals surface area contributed by atoms with Gasteiger partial charge in [-0.15, -0.1) is 0 Å². The van der Waals surface area contributed by atoms with Crippen LogP contribution in [0.5, 0.6) is 0 Å². The van der Waals surface area contributed by atoms with Crippen LogP contribution in [0.4, 0.5) is 10.1 Å². The Balaban J connectivity index is 1.69. The number of carbonyl (C=O) groups is 1. The maximum Gasteiger partial charge on any atom is 0.312 e. The third-order valence-corrected chi connectivity index (χ3v) is 5.05. The number of hydrogen-bond donors (Lipinski definition) is 1. The maximum atomic E-state index is 13.3. The van der Waals surface area contributed by atoms with Crippen LogP contribution in [-0.2, 0) is 16.1 Å². The van der Waals surface area contributed by atoms with Gasteiger partial charge < -0.3 is 10.1 Å². The highest BCUT2D eigenvalue weighted by Crippen LogP contribution is 2.23. The first-order valence-corrected chi connectivity index (χ1v) is 9.39. The van der Waals surface area contributed by atoms with Crippen LogP contribution in [0.2, 0.25) is 0 Å². The zero-order valence-corrected chi connectivity index (χ0v) is 16.4. The van der Waals surface area contributed by atoms with E-state index in [9.17, 15) is 19.3 Å². The second kappa shape index (κ2) is 9.10. The molecular weight excluding hydrogens is 381 g/mol. The highest BCUT2D eigenvalue weighted by Gasteiger charge is 2.25. The number of hydrogen-bond acceptors (Lipinski definition) is 6. The Hall–Kier alpha value is -2.85. The summed E-state index contributed by atoms with van der Waals surface area (Å²) in [6, 6.07) is 6.11. The van der Waals surface area contributed by atoms with Crippen molar-refractivity contribution >= 4 is 11.6 Å². The SMILES string of the molecule is Cc1nn(CC(=O)NCC(c2ccc(F)cc2)N2CCOCC2)c(C)c1[N+](=O)[O-]. The van der Waals surface area contributed by atoms with Gasteiger partial charge in [-0.3, -0.25) is 24.5 Å². The molecule has 2 heterocycles. The molecule has 156 valence electrons. The predicted octanol–water partition coefficient (Wildman–Crippen LogP) is 1.74. The predicted molar refractivity (Wildman–Crippen MR) is 103 cm³/mol. The van der Waals surface area contributed by atoms with Crippen molar-refractivity contribution in [3.05, 3.63) is 57.1 Å². The number of nitrogens with zero attached hydrogens (tertiary/aromatic N) is 4. The van der Waals surface area contributed by atoms with Gasteiger partial charge in [0.25, 0.3) is 0 Å². The summed E-state index contributed by atoms with van der Waals surface area (Å²) in [6.07, 6.45) is 0. The van der Waals surface area contributed by atoms with Crippen LogP contribution in [0.15, 0.2) is 24.3 Å². The van der Waals surface area contributed by atoms with Crippen LogP contribution < -0.4 is 5.32 Å². The molecule has 9 nitrogen and oxygen atoms in total. The van der Waals surface area contributed by atoms with Crippen molar-refractivity contribution in [1.82, 2.24) is 20.0 Å². The summed E-state index contributed by atoms with van der Waals surface area (Å²) in [6.45, 7) is 5.94. The van der Waals surface area contributed by atoms with Crippen molar-refractivity contribution in [3.63, 3.8) is 0 Å². The number of benzene rings is 1. The van der Waals surface area contributed by atoms with Gasteiger partial charge in [0.1, 0.15) is 23.7 Å². The van der Waals surface area contributed by atoms with Gasteiger partial charge in [0.05, 0.1) is 24.2 Å². The normalized spacial score (nSPS) is 15.8. The monoisotopic (exact) mass is 405 g/mol. The average Bonchev–Trinajstić information content (AvgIpc) is 2.97. The highest BCUT2D eigenvalue weighted by molar-refractivity contribution is 5.76. The van der Waals surface area contributed by atoms with E-state index in [0.717, 1.165) is 5.56 Å². The molecule has 0 aliphatic carbocycles. The quantitative estimate of drug-likeness (QED) is 0.556. The van der Waals surface area contributed by atoms with Crippen molar-refractivity contribution in [2.75, 3.05) is 32.8 Å². The van der Waals surface area contributed by atoms with E-state index in [0.29, 0.717) is 38.5 Å². The summed E-state index contributed by atoms with van der Waals surface area (Å²) in [4.78, 5) is 25.3. The molecule has 1 aliphatic heterocycles. The van der Waals surface area contributed by atoms with Crippen LogP contribution in [-0.4, -0.2) is 58.4 Å². The minimum absolute atomic E-state index is 0.0738. The average molecular weight is 405 g/mol. The van der Waals surface area contributed by atoms with E-state index in [1.807, 2.05) is 0 Å². The summed E-state index contributed by atoms with van der Waals surface area (Å²) in [5.74, 6) is -0.615. The smallest absolute Gasteiger partial charge is 0.312 e. The van der Waals surface area contributed by atoms with Gasteiger partial charge in [0, 0.05) is 19.6 Å². The Kier molecular flexibility index (Phi) is 6.55. The van der Waals surface area contributed by atoms with E-state index in [1.54, 1.807) is 26.0 Å². The topological polar surface area (TPSA) is 103 Å². The molecule has 1 aromatic carbocycles. The number of halogens is 1. The molecule has 3 rings (SSSR count). The molecule has 10 heteroatoms. The van der Waals surface area contributed by atoms with Crippen molar-refractivity contribution in [3.8, 4) is 0 Å². The number of aryl methyl sites for hydroxylation is 1. The second-order valence-corrected chi connectivity index (χ2v) is 6.95. The first-order chi connectivity index (χ1) is 13.9. The lowest BCUT2D eigenvalue weighted by Gasteiger charge is -2.35. The van der Waals surface area contributed by atoms with Crippen LogP contribution in [0.1, 0.15) is 23.0 Å². The largest absolute Gasteiger partial charge is 0.379 e. The van der Waals surface area contributed by atoms with E-state index < -0.39 is 4.92 Å². The van der Waals surface area contributed by atoms with Crippen molar-refractivity contribution in [2.24, 2.45) is 0 Å². The number of rotatable bonds is 7. The lowest BCUT2D eigenvalue weighted by atomic mass is 10.0. The van der Waals surface area contributed by atoms with E-state index in [-0.39, 0.29) is 35.7 Å². The fraction of sp³-hybridized carbons (Fsp3) is 0.474. The van der Waals surface area contributed by atoms with Gasteiger partial charge in [0.2, 0.25) is 5.91 Å². The molecule has 1 unspecified atom stereocenters. The summed E-state index contributed by atoms with van der Waals surface area (Å²) in [7, 11) is 0. The van der Waals surface area contributed by atoms with Gasteiger partial charge in [-0.2, -0.15) is 5.10 Å². The van der Waals surface area contributed by atoms with Crippen molar-refractivity contribution in [1.29, 1.82) is 0 Å². The van der Waals surface area contributed by atoms with E-state index in [4.69, 9.17) is 4.74 Å². The van der Waals surface area contributed by atoms with E-state index in [2.05, 4.69) is 15.3 Å². The number of ether oxygens (including phenoxy) is 1. The molecular formula is C19H24FN5O4. The van der Waals surface area contributed by atoms with Gasteiger partial charge in [-0.05, 0) is 31.5 Å². The molecule has 29 heavy (non-hydrogen) atoms. The molecule has 2 aromatic rings. The minimum atomic E-state index is -0.491. The fourth-order valence-corrected chi connectivity index (χ4v) is 3.54. The molecule has 1 fully saturated rings. The summed E-state index contributed by atoms with van der Waals surface area (Å²) < 4.78 is 20.1. The van der Waals surface area contributed by atoms with E-state index in [1.165, 1.54) is 16.8 Å². The van der Waals surface area contributed by atoms with Gasteiger partial charge in [-0.25, -0.2) is 4.39 Å². The second-order valence-electron chi connectivity index (χ2n) is 6.95. The van der Waals surface area contributed by atoms with Crippen LogP contribution in [0.25, 0.3) is 0 Å². The zero-order chi connectivity index (χ0) is 21.0. The molecule has 0 bridgehead atoms. The molecule has 1 aliphatic rings. The molecule has 0 saturated carbocycles. The third kappa shape index (κ3) is 4.96. The molecule has 1 aromatic heterocycles. The van der Waals surface area contributed by atoms with Crippen LogP contribution in [0, 0.1) is 29.8 Å². The van der Waals surface area contributed by atoms with Crippen molar-refractivity contribution in [2.45, 2.75) is 26.4 Å². The number of aromatic nitrogens is 2. The molecule has 0 radical (unpaired) electrons. The first kappa shape index (κ1) is 20.9. The lowest BCUT2D eigenvalue weighted by molar-refractivity contribution is -0.386. The van der Waals surface area contributed by atoms with Crippen LogP contribution in [0.3, 0.4) is 0 Å². The minimum Gasteiger partial charge on any atom is -0.379 e.